The van der Waals surface area contributed by atoms with Gasteiger partial charge in [-0.25, -0.2) is 0 Å². The van der Waals surface area contributed by atoms with Crippen LogP contribution in [0.1, 0.15) is 0 Å². The molecule has 14 heavy (non-hydrogen) atoms. The maximum Gasteiger partial charge on any atom is 2.00 e. The van der Waals surface area contributed by atoms with Crippen molar-refractivity contribution in [1.82, 2.24) is 0 Å². The fourth-order valence-corrected chi connectivity index (χ4v) is 0. The van der Waals surface area contributed by atoms with E-state index < -0.39 is 18.1 Å². The van der Waals surface area contributed by atoms with E-state index in [0.717, 1.165) is 0 Å². The van der Waals surface area contributed by atoms with Gasteiger partial charge in [-0.15, -0.1) is 0 Å². The van der Waals surface area contributed by atoms with Crippen molar-refractivity contribution in [2.45, 2.75) is 0 Å². The zero-order valence-corrected chi connectivity index (χ0v) is 14.3. The van der Waals surface area contributed by atoms with Crippen LogP contribution in [0.3, 0.4) is 0 Å². The summed E-state index contributed by atoms with van der Waals surface area (Å²) in [6, 6.07) is 0. The summed E-state index contributed by atoms with van der Waals surface area (Å²) in [5.74, 6) is 0. The largest absolute Gasteiger partial charge is 2.00 e. The van der Waals surface area contributed by atoms with Crippen LogP contribution in [0, 0.1) is 0 Å². The summed E-state index contributed by atoms with van der Waals surface area (Å²) < 4.78 is 0. The van der Waals surface area contributed by atoms with Gasteiger partial charge >= 0.3 is 94.9 Å². The van der Waals surface area contributed by atoms with Crippen LogP contribution in [0.2, 0.25) is 0 Å². The van der Waals surface area contributed by atoms with E-state index in [1.165, 1.54) is 0 Å². The van der Waals surface area contributed by atoms with E-state index in [1.54, 1.807) is 0 Å². The van der Waals surface area contributed by atoms with Gasteiger partial charge < -0.3 is 56.5 Å². The van der Waals surface area contributed by atoms with Gasteiger partial charge in [0.15, 0.2) is 0 Å². The normalized spacial score (nSPS) is 8.57. The first-order chi connectivity index (χ1) is 4.00. The predicted octanol–water partition coefficient (Wildman–Crippen LogP) is -11.0. The molecule has 0 aromatic heterocycles. The molecule has 75 valence electrons. The zero-order chi connectivity index (χ0) is 9.00. The number of hydrogen-bond donors (Lipinski definition) is 0. The van der Waals surface area contributed by atoms with E-state index in [9.17, 15) is 0 Å². The van der Waals surface area contributed by atoms with E-state index in [-0.39, 0.29) is 94.9 Å². The molecular weight excluding hydrogens is 359 g/mol. The Morgan fingerprint density at radius 2 is 0.571 bits per heavy atom. The second-order valence-corrected chi connectivity index (χ2v) is 3.00. The van der Waals surface area contributed by atoms with Gasteiger partial charge in [0.1, 0.15) is 0 Å². The Hall–Kier alpha value is 3.18. The Balaban J connectivity index is -0.0000000178. The molecule has 0 atom stereocenters. The third kappa shape index (κ3) is 302. The third-order valence-electron chi connectivity index (χ3n) is 0. The Labute approximate surface area is 149 Å². The first kappa shape index (κ1) is 36.0. The summed E-state index contributed by atoms with van der Waals surface area (Å²) in [6.07, 6.45) is 0. The third-order valence-corrected chi connectivity index (χ3v) is 0. The molecule has 0 aliphatic rings. The van der Waals surface area contributed by atoms with Crippen molar-refractivity contribution in [2.75, 3.05) is 0 Å². The fraction of sp³-hybridized carbons (Fsp3) is 0. The molecule has 0 rings (SSSR count). The van der Waals surface area contributed by atoms with Crippen LogP contribution in [0.4, 0.5) is 0 Å². The number of rotatable bonds is 0. The minimum atomic E-state index is -5.61. The maximum atomic E-state index is 8.58. The summed E-state index contributed by atoms with van der Waals surface area (Å²) in [5, 5.41) is 0. The van der Waals surface area contributed by atoms with Crippen LogP contribution in [-0.2, 0) is 34.1 Å². The molecule has 0 aliphatic carbocycles. The van der Waals surface area contributed by atoms with Crippen LogP contribution in [0.25, 0.3) is 0 Å². The maximum absolute atomic E-state index is 8.58. The molecule has 0 heterocycles. The molecule has 0 aromatic rings. The van der Waals surface area contributed by atoms with Crippen molar-refractivity contribution in [3.8, 4) is 0 Å². The monoisotopic (exact) mass is 359 g/mol. The van der Waals surface area contributed by atoms with E-state index in [0.29, 0.717) is 0 Å². The molecule has 1 radical (unpaired) electrons. The SMILES string of the molecule is [Ca+2].[Fe+2].[Mg+2].[Mn+2].[O-][Si]([O-])([O-])[O-].[O-][Si]([O-])([O-])[O-]. The first-order valence-electron chi connectivity index (χ1n) is 1.63. The minimum absolute atomic E-state index is 0. The molecule has 0 saturated heterocycles. The van der Waals surface area contributed by atoms with Crippen molar-refractivity contribution >= 4 is 78.9 Å². The topological polar surface area (TPSA) is 184 Å². The average molecular weight is 359 g/mol. The molecule has 0 amide bonds. The van der Waals surface area contributed by atoms with E-state index in [1.807, 2.05) is 0 Å². The van der Waals surface area contributed by atoms with Gasteiger partial charge in [0.2, 0.25) is 0 Å². The Morgan fingerprint density at radius 3 is 0.571 bits per heavy atom. The molecule has 0 aromatic carbocycles. The molecule has 0 aliphatic heterocycles. The van der Waals surface area contributed by atoms with E-state index >= 15 is 0 Å². The van der Waals surface area contributed by atoms with E-state index in [4.69, 9.17) is 38.4 Å². The van der Waals surface area contributed by atoms with Crippen molar-refractivity contribution in [3.63, 3.8) is 0 Å². The van der Waals surface area contributed by atoms with Gasteiger partial charge in [-0.05, 0) is 0 Å². The summed E-state index contributed by atoms with van der Waals surface area (Å²) >= 11 is 0. The fourth-order valence-electron chi connectivity index (χ4n) is 0. The average Bonchev–Trinajstić information content (AvgIpc) is 1.12. The predicted molar refractivity (Wildman–Crippen MR) is 23.0 cm³/mol. The first-order valence-corrected chi connectivity index (χ1v) is 4.90. The smallest absolute Gasteiger partial charge is 0.894 e. The van der Waals surface area contributed by atoms with Gasteiger partial charge in [0, 0.05) is 0 Å². The van der Waals surface area contributed by atoms with Crippen molar-refractivity contribution in [2.24, 2.45) is 0 Å². The molecule has 0 N–H and O–H groups in total. The number of hydrogen-bond acceptors (Lipinski definition) is 8. The van der Waals surface area contributed by atoms with Gasteiger partial charge in [-0.1, -0.05) is 0 Å². The second-order valence-electron chi connectivity index (χ2n) is 1.00. The molecule has 0 saturated carbocycles. The quantitative estimate of drug-likeness (QED) is 0.381. The minimum Gasteiger partial charge on any atom is -0.894 e. The summed E-state index contributed by atoms with van der Waals surface area (Å²) in [7, 11) is -11.2. The summed E-state index contributed by atoms with van der Waals surface area (Å²) in [4.78, 5) is 68.6. The van der Waals surface area contributed by atoms with Crippen LogP contribution in [0.15, 0.2) is 0 Å². The second kappa shape index (κ2) is 16.2. The Morgan fingerprint density at radius 1 is 0.571 bits per heavy atom. The van der Waals surface area contributed by atoms with Crippen LogP contribution in [0.5, 0.6) is 0 Å². The molecule has 0 fully saturated rings. The van der Waals surface area contributed by atoms with Gasteiger partial charge in [-0.2, -0.15) is 0 Å². The van der Waals surface area contributed by atoms with Crippen LogP contribution < -0.4 is 38.4 Å². The molecule has 14 heteroatoms. The molecule has 8 nitrogen and oxygen atoms in total. The Kier molecular flexibility index (Phi) is 41.6. The van der Waals surface area contributed by atoms with Crippen LogP contribution >= 0.6 is 0 Å². The molecule has 0 unspecified atom stereocenters. The summed E-state index contributed by atoms with van der Waals surface area (Å²) in [5.41, 5.74) is 0. The van der Waals surface area contributed by atoms with Gasteiger partial charge in [0.05, 0.1) is 0 Å². The van der Waals surface area contributed by atoms with Gasteiger partial charge in [0.25, 0.3) is 0 Å². The van der Waals surface area contributed by atoms with Crippen molar-refractivity contribution in [3.05, 3.63) is 0 Å². The van der Waals surface area contributed by atoms with E-state index in [2.05, 4.69) is 0 Å². The molecule has 0 spiro atoms. The summed E-state index contributed by atoms with van der Waals surface area (Å²) in [6.45, 7) is 0. The van der Waals surface area contributed by atoms with Crippen molar-refractivity contribution < 1.29 is 72.5 Å². The van der Waals surface area contributed by atoms with Crippen molar-refractivity contribution in [1.29, 1.82) is 0 Å². The molecule has 0 bridgehead atoms. The standard InChI is InChI=1S/Ca.Fe.Mg.Mn.2O4Si/c;;;;2*1-5(2,3)4/q4*+2;2*-4. The Bertz CT molecular complexity index is 70.3. The molecular formula is CaFeMgMnO8Si2. The zero-order valence-electron chi connectivity index (χ0n) is 6.41. The van der Waals surface area contributed by atoms with Crippen LogP contribution in [-0.4, -0.2) is 78.9 Å². The van der Waals surface area contributed by atoms with Gasteiger partial charge in [-0.3, -0.25) is 0 Å².